The molecule has 0 heteroatoms. The fraction of sp³-hybridized carbons (Fsp3) is 0. The molecule has 0 fully saturated rings. The molecule has 0 aromatic heterocycles. The monoisotopic (exact) mass is 608 g/mol. The first-order valence-electron chi connectivity index (χ1n) is 16.6. The van der Waals surface area contributed by atoms with Gasteiger partial charge in [0.25, 0.3) is 0 Å². The molecular formula is C48H32. The Morgan fingerprint density at radius 1 is 0.188 bits per heavy atom. The van der Waals surface area contributed by atoms with Crippen molar-refractivity contribution in [3.05, 3.63) is 194 Å². The summed E-state index contributed by atoms with van der Waals surface area (Å²) in [6, 6.07) is 70.9. The Kier molecular flexibility index (Phi) is 6.91. The maximum Gasteiger partial charge on any atom is -0.00988 e. The molecule has 0 unspecified atom stereocenters. The zero-order valence-electron chi connectivity index (χ0n) is 26.5. The number of hydrogen-bond donors (Lipinski definition) is 0. The van der Waals surface area contributed by atoms with E-state index in [4.69, 9.17) is 0 Å². The summed E-state index contributed by atoms with van der Waals surface area (Å²) in [4.78, 5) is 0. The minimum atomic E-state index is 1.22. The van der Waals surface area contributed by atoms with Gasteiger partial charge in [-0.3, -0.25) is 0 Å². The number of rotatable bonds is 5. The molecule has 9 aromatic carbocycles. The van der Waals surface area contributed by atoms with Gasteiger partial charge in [0.15, 0.2) is 0 Å². The molecule has 0 saturated carbocycles. The molecule has 0 heterocycles. The number of fused-ring (bicyclic) bond motifs is 3. The van der Waals surface area contributed by atoms with Crippen molar-refractivity contribution in [1.29, 1.82) is 0 Å². The van der Waals surface area contributed by atoms with E-state index in [-0.39, 0.29) is 0 Å². The van der Waals surface area contributed by atoms with Crippen LogP contribution in [-0.2, 0) is 0 Å². The molecule has 9 rings (SSSR count). The first-order chi connectivity index (χ1) is 23.7. The molecule has 0 aliphatic carbocycles. The molecular weight excluding hydrogens is 577 g/mol. The third-order valence-corrected chi connectivity index (χ3v) is 9.60. The Labute approximate surface area is 281 Å². The van der Waals surface area contributed by atoms with Gasteiger partial charge in [0, 0.05) is 0 Å². The molecule has 0 aliphatic heterocycles. The van der Waals surface area contributed by atoms with Crippen LogP contribution in [0.25, 0.3) is 88.0 Å². The van der Waals surface area contributed by atoms with Crippen molar-refractivity contribution in [1.82, 2.24) is 0 Å². The topological polar surface area (TPSA) is 0 Å². The van der Waals surface area contributed by atoms with E-state index in [1.807, 2.05) is 0 Å². The second-order valence-corrected chi connectivity index (χ2v) is 12.6. The lowest BCUT2D eigenvalue weighted by molar-refractivity contribution is 1.60. The van der Waals surface area contributed by atoms with Gasteiger partial charge in [-0.25, -0.2) is 0 Å². The van der Waals surface area contributed by atoms with Crippen LogP contribution in [0.2, 0.25) is 0 Å². The summed E-state index contributed by atoms with van der Waals surface area (Å²) in [5.41, 5.74) is 12.3. The molecule has 0 N–H and O–H groups in total. The predicted molar refractivity (Wildman–Crippen MR) is 206 cm³/mol. The first kappa shape index (κ1) is 28.0. The normalized spacial score (nSPS) is 11.3. The molecule has 0 amide bonds. The van der Waals surface area contributed by atoms with Crippen LogP contribution in [0, 0.1) is 0 Å². The molecule has 0 bridgehead atoms. The van der Waals surface area contributed by atoms with Gasteiger partial charge in [-0.05, 0) is 130 Å². The molecule has 48 heavy (non-hydrogen) atoms. The Hall–Kier alpha value is -6.24. The van der Waals surface area contributed by atoms with Crippen LogP contribution in [0.3, 0.4) is 0 Å². The van der Waals surface area contributed by atoms with Crippen molar-refractivity contribution >= 4 is 32.3 Å². The summed E-state index contributed by atoms with van der Waals surface area (Å²) in [7, 11) is 0. The summed E-state index contributed by atoms with van der Waals surface area (Å²) in [6.07, 6.45) is 0. The van der Waals surface area contributed by atoms with Crippen molar-refractivity contribution in [3.8, 4) is 55.6 Å². The number of benzene rings is 9. The van der Waals surface area contributed by atoms with Gasteiger partial charge < -0.3 is 0 Å². The van der Waals surface area contributed by atoms with Crippen molar-refractivity contribution in [2.45, 2.75) is 0 Å². The second-order valence-electron chi connectivity index (χ2n) is 12.6. The Balaban J connectivity index is 1.13. The lowest BCUT2D eigenvalue weighted by Crippen LogP contribution is -1.88. The summed E-state index contributed by atoms with van der Waals surface area (Å²) in [6.45, 7) is 0. The Morgan fingerprint density at radius 3 is 1.27 bits per heavy atom. The Morgan fingerprint density at radius 2 is 0.604 bits per heavy atom. The Bertz CT molecular complexity index is 2590. The van der Waals surface area contributed by atoms with Crippen LogP contribution in [0.4, 0.5) is 0 Å². The smallest absolute Gasteiger partial charge is 0.00988 e. The predicted octanol–water partition coefficient (Wildman–Crippen LogP) is 13.5. The van der Waals surface area contributed by atoms with E-state index in [1.165, 1.54) is 88.0 Å². The van der Waals surface area contributed by atoms with Crippen LogP contribution in [-0.4, -0.2) is 0 Å². The van der Waals surface area contributed by atoms with Gasteiger partial charge in [-0.1, -0.05) is 152 Å². The van der Waals surface area contributed by atoms with Crippen LogP contribution >= 0.6 is 0 Å². The summed E-state index contributed by atoms with van der Waals surface area (Å²) >= 11 is 0. The summed E-state index contributed by atoms with van der Waals surface area (Å²) in [5.74, 6) is 0. The largest absolute Gasteiger partial charge is 0.0622 e. The summed E-state index contributed by atoms with van der Waals surface area (Å²) in [5, 5.41) is 7.51. The maximum atomic E-state index is 2.37. The van der Waals surface area contributed by atoms with Crippen LogP contribution in [0.5, 0.6) is 0 Å². The minimum absolute atomic E-state index is 1.22. The average molecular weight is 609 g/mol. The summed E-state index contributed by atoms with van der Waals surface area (Å²) < 4.78 is 0. The minimum Gasteiger partial charge on any atom is -0.0622 e. The van der Waals surface area contributed by atoms with Crippen LogP contribution in [0.15, 0.2) is 194 Å². The fourth-order valence-corrected chi connectivity index (χ4v) is 7.04. The molecule has 224 valence electrons. The molecule has 0 radical (unpaired) electrons. The molecule has 0 aliphatic rings. The van der Waals surface area contributed by atoms with Gasteiger partial charge >= 0.3 is 0 Å². The molecule has 0 nitrogen and oxygen atoms in total. The third-order valence-electron chi connectivity index (χ3n) is 9.60. The highest BCUT2D eigenvalue weighted by Gasteiger charge is 2.12. The van der Waals surface area contributed by atoms with Crippen LogP contribution in [0.1, 0.15) is 0 Å². The average Bonchev–Trinajstić information content (AvgIpc) is 3.17. The van der Waals surface area contributed by atoms with Gasteiger partial charge in [0.2, 0.25) is 0 Å². The van der Waals surface area contributed by atoms with E-state index >= 15 is 0 Å². The second kappa shape index (κ2) is 11.8. The van der Waals surface area contributed by atoms with Gasteiger partial charge in [0.05, 0.1) is 0 Å². The maximum absolute atomic E-state index is 2.37. The standard InChI is InChI=1S/C48H32/c1-3-10-33(11-4-1)39-20-21-42-29-43(23-22-41(42)28-39)46-30-45-25-24-44(31-48(45)47(32-46)35-13-5-2-6-14-35)38-17-9-16-37(27-38)40-19-18-34-12-7-8-15-36(34)26-40/h1-32H. The van der Waals surface area contributed by atoms with Crippen molar-refractivity contribution < 1.29 is 0 Å². The SMILES string of the molecule is c1ccc(-c2ccc3cc(-c4cc(-c5ccccc5)c5cc(-c6cccc(-c7ccc8ccccc8c7)c6)ccc5c4)ccc3c2)cc1. The van der Waals surface area contributed by atoms with E-state index in [0.29, 0.717) is 0 Å². The highest BCUT2D eigenvalue weighted by atomic mass is 14.2. The zero-order chi connectivity index (χ0) is 31.9. The van der Waals surface area contributed by atoms with E-state index in [9.17, 15) is 0 Å². The van der Waals surface area contributed by atoms with Gasteiger partial charge in [-0.2, -0.15) is 0 Å². The quantitative estimate of drug-likeness (QED) is 0.182. The van der Waals surface area contributed by atoms with Crippen molar-refractivity contribution in [3.63, 3.8) is 0 Å². The lowest BCUT2D eigenvalue weighted by Gasteiger charge is -2.14. The van der Waals surface area contributed by atoms with E-state index < -0.39 is 0 Å². The van der Waals surface area contributed by atoms with E-state index in [0.717, 1.165) is 0 Å². The zero-order valence-corrected chi connectivity index (χ0v) is 26.5. The first-order valence-corrected chi connectivity index (χ1v) is 16.6. The molecule has 0 spiro atoms. The van der Waals surface area contributed by atoms with E-state index in [2.05, 4.69) is 194 Å². The molecule has 9 aromatic rings. The molecule has 0 saturated heterocycles. The van der Waals surface area contributed by atoms with Gasteiger partial charge in [0.1, 0.15) is 0 Å². The lowest BCUT2D eigenvalue weighted by atomic mass is 9.90. The van der Waals surface area contributed by atoms with Crippen molar-refractivity contribution in [2.75, 3.05) is 0 Å². The molecule has 0 atom stereocenters. The fourth-order valence-electron chi connectivity index (χ4n) is 7.04. The third kappa shape index (κ3) is 5.24. The van der Waals surface area contributed by atoms with E-state index in [1.54, 1.807) is 0 Å². The highest BCUT2D eigenvalue weighted by molar-refractivity contribution is 6.03. The van der Waals surface area contributed by atoms with Crippen molar-refractivity contribution in [2.24, 2.45) is 0 Å². The highest BCUT2D eigenvalue weighted by Crippen LogP contribution is 2.38. The number of hydrogen-bond acceptors (Lipinski definition) is 0. The van der Waals surface area contributed by atoms with Gasteiger partial charge in [-0.15, -0.1) is 0 Å². The van der Waals surface area contributed by atoms with Crippen LogP contribution < -0.4 is 0 Å².